The zero-order valence-corrected chi connectivity index (χ0v) is 7.14. The first-order valence-electron chi connectivity index (χ1n) is 4.45. The summed E-state index contributed by atoms with van der Waals surface area (Å²) in [4.78, 5) is 0. The van der Waals surface area contributed by atoms with Crippen LogP contribution in [0.3, 0.4) is 0 Å². The van der Waals surface area contributed by atoms with Crippen molar-refractivity contribution in [2.45, 2.75) is 38.6 Å². The summed E-state index contributed by atoms with van der Waals surface area (Å²) in [5, 5.41) is 11.7. The Morgan fingerprint density at radius 3 is 2.82 bits per heavy atom. The molecule has 0 spiro atoms. The van der Waals surface area contributed by atoms with Crippen molar-refractivity contribution in [2.75, 3.05) is 6.54 Å². The minimum Gasteiger partial charge on any atom is -0.314 e. The van der Waals surface area contributed by atoms with E-state index in [0.717, 1.165) is 31.3 Å². The molecule has 1 N–H and O–H groups in total. The minimum absolute atomic E-state index is 0.710. The van der Waals surface area contributed by atoms with Gasteiger partial charge in [-0.25, -0.2) is 0 Å². The molecule has 0 aromatic rings. The molecule has 62 valence electrons. The van der Waals surface area contributed by atoms with E-state index in [-0.39, 0.29) is 0 Å². The lowest BCUT2D eigenvalue weighted by Crippen LogP contribution is -2.18. The molecule has 0 radical (unpaired) electrons. The van der Waals surface area contributed by atoms with Crippen molar-refractivity contribution in [2.24, 2.45) is 5.92 Å². The third-order valence-corrected chi connectivity index (χ3v) is 2.23. The van der Waals surface area contributed by atoms with Crippen molar-refractivity contribution < 1.29 is 0 Å². The van der Waals surface area contributed by atoms with Crippen molar-refractivity contribution in [1.82, 2.24) is 5.32 Å². The summed E-state index contributed by atoms with van der Waals surface area (Å²) in [5.41, 5.74) is 0. The number of nitriles is 1. The van der Waals surface area contributed by atoms with Crippen molar-refractivity contribution >= 4 is 0 Å². The molecule has 0 aromatic carbocycles. The molecule has 0 aliphatic heterocycles. The Bertz CT molecular complexity index is 148. The molecule has 0 bridgehead atoms. The number of nitrogens with one attached hydrogen (secondary N) is 1. The largest absolute Gasteiger partial charge is 0.314 e. The fourth-order valence-corrected chi connectivity index (χ4v) is 1.22. The molecule has 11 heavy (non-hydrogen) atoms. The third kappa shape index (κ3) is 3.38. The molecule has 2 atom stereocenters. The van der Waals surface area contributed by atoms with Gasteiger partial charge in [0, 0.05) is 12.5 Å². The van der Waals surface area contributed by atoms with Crippen LogP contribution in [0.2, 0.25) is 0 Å². The molecule has 1 aliphatic rings. The van der Waals surface area contributed by atoms with E-state index in [1.165, 1.54) is 6.42 Å². The highest BCUT2D eigenvalue weighted by atomic mass is 15.0. The third-order valence-electron chi connectivity index (χ3n) is 2.23. The summed E-state index contributed by atoms with van der Waals surface area (Å²) in [7, 11) is 0. The van der Waals surface area contributed by atoms with E-state index in [1.54, 1.807) is 0 Å². The van der Waals surface area contributed by atoms with E-state index in [4.69, 9.17) is 5.26 Å². The number of hydrogen-bond acceptors (Lipinski definition) is 2. The van der Waals surface area contributed by atoms with Gasteiger partial charge in [-0.15, -0.1) is 0 Å². The molecule has 0 saturated heterocycles. The lowest BCUT2D eigenvalue weighted by Gasteiger charge is -1.99. The molecule has 0 amide bonds. The Hall–Kier alpha value is -0.550. The average Bonchev–Trinajstić information content (AvgIpc) is 2.67. The lowest BCUT2D eigenvalue weighted by atomic mass is 10.2. The van der Waals surface area contributed by atoms with Gasteiger partial charge in [0.15, 0.2) is 0 Å². The van der Waals surface area contributed by atoms with Crippen LogP contribution in [-0.2, 0) is 0 Å². The molecule has 2 heteroatoms. The van der Waals surface area contributed by atoms with Crippen LogP contribution in [0.1, 0.15) is 32.6 Å². The second-order valence-electron chi connectivity index (χ2n) is 3.39. The van der Waals surface area contributed by atoms with Crippen molar-refractivity contribution in [3.8, 4) is 6.07 Å². The zero-order valence-electron chi connectivity index (χ0n) is 7.14. The fourth-order valence-electron chi connectivity index (χ4n) is 1.22. The first-order chi connectivity index (χ1) is 5.34. The maximum absolute atomic E-state index is 8.26. The summed E-state index contributed by atoms with van der Waals surface area (Å²) in [6.07, 6.45) is 4.25. The average molecular weight is 152 g/mol. The summed E-state index contributed by atoms with van der Waals surface area (Å²) in [6, 6.07) is 2.94. The summed E-state index contributed by atoms with van der Waals surface area (Å²) in [6.45, 7) is 3.36. The van der Waals surface area contributed by atoms with Crippen LogP contribution in [0.15, 0.2) is 0 Å². The second-order valence-corrected chi connectivity index (χ2v) is 3.39. The SMILES string of the molecule is CC1CC1NCCCCC#N. The number of hydrogen-bond donors (Lipinski definition) is 1. The molecular formula is C9H16N2. The van der Waals surface area contributed by atoms with Gasteiger partial charge in [0.2, 0.25) is 0 Å². The van der Waals surface area contributed by atoms with Gasteiger partial charge in [-0.2, -0.15) is 5.26 Å². The van der Waals surface area contributed by atoms with Crippen LogP contribution in [0, 0.1) is 17.2 Å². The molecule has 1 aliphatic carbocycles. The quantitative estimate of drug-likeness (QED) is 0.608. The van der Waals surface area contributed by atoms with Crippen LogP contribution in [0.4, 0.5) is 0 Å². The van der Waals surface area contributed by atoms with Crippen LogP contribution in [0.25, 0.3) is 0 Å². The van der Waals surface area contributed by atoms with E-state index in [9.17, 15) is 0 Å². The molecule has 2 nitrogen and oxygen atoms in total. The van der Waals surface area contributed by atoms with Crippen molar-refractivity contribution in [1.29, 1.82) is 5.26 Å². The first kappa shape index (κ1) is 8.55. The lowest BCUT2D eigenvalue weighted by molar-refractivity contribution is 0.606. The summed E-state index contributed by atoms with van der Waals surface area (Å²) >= 11 is 0. The molecular weight excluding hydrogens is 136 g/mol. The molecule has 1 fully saturated rings. The Labute approximate surface area is 68.6 Å². The van der Waals surface area contributed by atoms with E-state index in [1.807, 2.05) is 0 Å². The van der Waals surface area contributed by atoms with Gasteiger partial charge in [-0.05, 0) is 31.7 Å². The Morgan fingerprint density at radius 2 is 2.27 bits per heavy atom. The first-order valence-corrected chi connectivity index (χ1v) is 4.45. The second kappa shape index (κ2) is 4.35. The highest BCUT2D eigenvalue weighted by Crippen LogP contribution is 2.28. The van der Waals surface area contributed by atoms with Crippen molar-refractivity contribution in [3.05, 3.63) is 0 Å². The standard InChI is InChI=1S/C9H16N2/c1-8-7-9(8)11-6-4-2-3-5-10/h8-9,11H,2-4,6-7H2,1H3. The molecule has 1 rings (SSSR count). The van der Waals surface area contributed by atoms with Gasteiger partial charge in [-0.3, -0.25) is 0 Å². The number of rotatable bonds is 5. The van der Waals surface area contributed by atoms with E-state index in [2.05, 4.69) is 18.3 Å². The van der Waals surface area contributed by atoms with E-state index >= 15 is 0 Å². The molecule has 0 aromatic heterocycles. The molecule has 2 unspecified atom stereocenters. The summed E-state index contributed by atoms with van der Waals surface area (Å²) < 4.78 is 0. The zero-order chi connectivity index (χ0) is 8.10. The number of unbranched alkanes of at least 4 members (excludes halogenated alkanes) is 2. The van der Waals surface area contributed by atoms with Gasteiger partial charge in [-0.1, -0.05) is 6.92 Å². The van der Waals surface area contributed by atoms with Crippen LogP contribution >= 0.6 is 0 Å². The van der Waals surface area contributed by atoms with Crippen LogP contribution in [0.5, 0.6) is 0 Å². The predicted octanol–water partition coefficient (Wildman–Crippen LogP) is 1.68. The Kier molecular flexibility index (Phi) is 3.38. The van der Waals surface area contributed by atoms with E-state index < -0.39 is 0 Å². The Morgan fingerprint density at radius 1 is 1.55 bits per heavy atom. The van der Waals surface area contributed by atoms with Crippen LogP contribution in [-0.4, -0.2) is 12.6 Å². The topological polar surface area (TPSA) is 35.8 Å². The smallest absolute Gasteiger partial charge is 0.0621 e. The van der Waals surface area contributed by atoms with Crippen LogP contribution < -0.4 is 5.32 Å². The van der Waals surface area contributed by atoms with Gasteiger partial charge >= 0.3 is 0 Å². The Balaban J connectivity index is 1.79. The maximum atomic E-state index is 8.26. The molecule has 0 heterocycles. The minimum atomic E-state index is 0.710. The fraction of sp³-hybridized carbons (Fsp3) is 0.889. The monoisotopic (exact) mass is 152 g/mol. The predicted molar refractivity (Wildman–Crippen MR) is 45.0 cm³/mol. The van der Waals surface area contributed by atoms with E-state index in [0.29, 0.717) is 6.42 Å². The van der Waals surface area contributed by atoms with Crippen molar-refractivity contribution in [3.63, 3.8) is 0 Å². The van der Waals surface area contributed by atoms with Gasteiger partial charge < -0.3 is 5.32 Å². The number of nitrogens with zero attached hydrogens (tertiary/aromatic N) is 1. The maximum Gasteiger partial charge on any atom is 0.0621 e. The molecule has 1 saturated carbocycles. The highest BCUT2D eigenvalue weighted by molar-refractivity contribution is 4.89. The highest BCUT2D eigenvalue weighted by Gasteiger charge is 2.31. The normalized spacial score (nSPS) is 28.0. The van der Waals surface area contributed by atoms with Gasteiger partial charge in [0.1, 0.15) is 0 Å². The summed E-state index contributed by atoms with van der Waals surface area (Å²) in [5.74, 6) is 0.894. The van der Waals surface area contributed by atoms with Gasteiger partial charge in [0.25, 0.3) is 0 Å². The van der Waals surface area contributed by atoms with Gasteiger partial charge in [0.05, 0.1) is 6.07 Å².